The highest BCUT2D eigenvalue weighted by Gasteiger charge is 2.13. The van der Waals surface area contributed by atoms with Crippen LogP contribution in [0.4, 0.5) is 0 Å². The maximum absolute atomic E-state index is 11.9. The van der Waals surface area contributed by atoms with Gasteiger partial charge in [-0.2, -0.15) is 0 Å². The molecule has 0 aliphatic rings. The Balaban J connectivity index is 2.72. The molecule has 4 heteroatoms. The first-order valence-electron chi connectivity index (χ1n) is 6.59. The standard InChI is InChI=1S/C15H23NO3/c1-5-16(8-9-17)14(18)10-19-15-12(3)7-6-11(2)13(15)4/h6-7,17H,5,8-10H2,1-4H3. The van der Waals surface area contributed by atoms with Crippen molar-refractivity contribution in [3.8, 4) is 5.75 Å². The number of aliphatic hydroxyl groups is 1. The molecule has 0 saturated carbocycles. The van der Waals surface area contributed by atoms with Crippen molar-refractivity contribution in [3.63, 3.8) is 0 Å². The number of benzene rings is 1. The number of hydrogen-bond acceptors (Lipinski definition) is 3. The van der Waals surface area contributed by atoms with Crippen LogP contribution in [0.2, 0.25) is 0 Å². The van der Waals surface area contributed by atoms with Gasteiger partial charge in [0.15, 0.2) is 6.61 Å². The Hall–Kier alpha value is -1.55. The summed E-state index contributed by atoms with van der Waals surface area (Å²) in [7, 11) is 0. The van der Waals surface area contributed by atoms with Gasteiger partial charge in [0.25, 0.3) is 5.91 Å². The van der Waals surface area contributed by atoms with E-state index in [4.69, 9.17) is 9.84 Å². The van der Waals surface area contributed by atoms with Crippen LogP contribution in [0.5, 0.6) is 5.75 Å². The van der Waals surface area contributed by atoms with Gasteiger partial charge in [0.1, 0.15) is 5.75 Å². The van der Waals surface area contributed by atoms with E-state index in [1.165, 1.54) is 0 Å². The van der Waals surface area contributed by atoms with Crippen LogP contribution in [0.25, 0.3) is 0 Å². The molecule has 1 N–H and O–H groups in total. The molecule has 106 valence electrons. The molecule has 0 atom stereocenters. The summed E-state index contributed by atoms with van der Waals surface area (Å²) in [5, 5.41) is 8.89. The van der Waals surface area contributed by atoms with Gasteiger partial charge in [-0.15, -0.1) is 0 Å². The Morgan fingerprint density at radius 2 is 1.89 bits per heavy atom. The second kappa shape index (κ2) is 7.14. The van der Waals surface area contributed by atoms with Crippen LogP contribution in [0, 0.1) is 20.8 Å². The molecule has 1 rings (SSSR count). The Morgan fingerprint density at radius 3 is 2.47 bits per heavy atom. The minimum Gasteiger partial charge on any atom is -0.483 e. The van der Waals surface area contributed by atoms with E-state index in [-0.39, 0.29) is 19.1 Å². The third-order valence-corrected chi connectivity index (χ3v) is 3.32. The molecular weight excluding hydrogens is 242 g/mol. The topological polar surface area (TPSA) is 49.8 Å². The number of ether oxygens (including phenoxy) is 1. The number of aliphatic hydroxyl groups excluding tert-OH is 1. The molecule has 0 aliphatic heterocycles. The Labute approximate surface area is 115 Å². The van der Waals surface area contributed by atoms with Crippen LogP contribution in [0.1, 0.15) is 23.6 Å². The predicted molar refractivity (Wildman–Crippen MR) is 75.5 cm³/mol. The summed E-state index contributed by atoms with van der Waals surface area (Å²) in [5.41, 5.74) is 3.25. The van der Waals surface area contributed by atoms with Gasteiger partial charge >= 0.3 is 0 Å². The van der Waals surface area contributed by atoms with Crippen LogP contribution < -0.4 is 4.74 Å². The van der Waals surface area contributed by atoms with Gasteiger partial charge in [-0.25, -0.2) is 0 Å². The van der Waals surface area contributed by atoms with Gasteiger partial charge in [0, 0.05) is 13.1 Å². The fourth-order valence-electron chi connectivity index (χ4n) is 1.95. The Kier molecular flexibility index (Phi) is 5.83. The summed E-state index contributed by atoms with van der Waals surface area (Å²) < 4.78 is 5.67. The fourth-order valence-corrected chi connectivity index (χ4v) is 1.95. The first-order chi connectivity index (χ1) is 9.01. The molecule has 1 amide bonds. The minimum atomic E-state index is -0.100. The molecule has 0 radical (unpaired) electrons. The third kappa shape index (κ3) is 3.96. The minimum absolute atomic E-state index is 0.0129. The van der Waals surface area contributed by atoms with E-state index in [1.54, 1.807) is 4.90 Å². The lowest BCUT2D eigenvalue weighted by atomic mass is 10.1. The first-order valence-corrected chi connectivity index (χ1v) is 6.59. The molecule has 1 aromatic rings. The summed E-state index contributed by atoms with van der Waals surface area (Å²) >= 11 is 0. The molecule has 0 unspecified atom stereocenters. The second-order valence-electron chi connectivity index (χ2n) is 4.64. The fraction of sp³-hybridized carbons (Fsp3) is 0.533. The molecular formula is C15H23NO3. The van der Waals surface area contributed by atoms with Crippen molar-refractivity contribution in [2.75, 3.05) is 26.3 Å². The zero-order chi connectivity index (χ0) is 14.4. The maximum Gasteiger partial charge on any atom is 0.260 e. The van der Waals surface area contributed by atoms with Crippen molar-refractivity contribution in [3.05, 3.63) is 28.8 Å². The number of hydrogen-bond donors (Lipinski definition) is 1. The molecule has 0 heterocycles. The zero-order valence-corrected chi connectivity index (χ0v) is 12.2. The molecule has 19 heavy (non-hydrogen) atoms. The molecule has 0 spiro atoms. The normalized spacial score (nSPS) is 10.4. The average Bonchev–Trinajstić information content (AvgIpc) is 2.40. The quantitative estimate of drug-likeness (QED) is 0.853. The summed E-state index contributed by atoms with van der Waals surface area (Å²) in [6.45, 7) is 8.79. The smallest absolute Gasteiger partial charge is 0.260 e. The highest BCUT2D eigenvalue weighted by Crippen LogP contribution is 2.25. The van der Waals surface area contributed by atoms with Crippen molar-refractivity contribution in [2.45, 2.75) is 27.7 Å². The molecule has 0 aliphatic carbocycles. The van der Waals surface area contributed by atoms with E-state index in [2.05, 4.69) is 0 Å². The van der Waals surface area contributed by atoms with Crippen LogP contribution in [-0.4, -0.2) is 42.2 Å². The van der Waals surface area contributed by atoms with E-state index >= 15 is 0 Å². The van der Waals surface area contributed by atoms with Gasteiger partial charge < -0.3 is 14.7 Å². The predicted octanol–water partition coefficient (Wildman–Crippen LogP) is 1.83. The summed E-state index contributed by atoms with van der Waals surface area (Å²) in [5.74, 6) is 0.685. The Bertz CT molecular complexity index is 443. The SMILES string of the molecule is CCN(CCO)C(=O)COc1c(C)ccc(C)c1C. The second-order valence-corrected chi connectivity index (χ2v) is 4.64. The van der Waals surface area contributed by atoms with Crippen molar-refractivity contribution >= 4 is 5.91 Å². The first kappa shape index (κ1) is 15.5. The van der Waals surface area contributed by atoms with Gasteiger partial charge in [-0.05, 0) is 44.4 Å². The van der Waals surface area contributed by atoms with E-state index < -0.39 is 0 Å². The number of rotatable bonds is 6. The van der Waals surface area contributed by atoms with Crippen LogP contribution in [-0.2, 0) is 4.79 Å². The van der Waals surface area contributed by atoms with Crippen molar-refractivity contribution < 1.29 is 14.6 Å². The molecule has 1 aromatic carbocycles. The number of likely N-dealkylation sites (N-methyl/N-ethyl adjacent to an activating group) is 1. The molecule has 4 nitrogen and oxygen atoms in total. The molecule has 0 bridgehead atoms. The van der Waals surface area contributed by atoms with Crippen molar-refractivity contribution in [1.29, 1.82) is 0 Å². The average molecular weight is 265 g/mol. The highest BCUT2D eigenvalue weighted by atomic mass is 16.5. The van der Waals surface area contributed by atoms with E-state index in [0.29, 0.717) is 13.1 Å². The maximum atomic E-state index is 11.9. The van der Waals surface area contributed by atoms with Crippen molar-refractivity contribution in [1.82, 2.24) is 4.90 Å². The van der Waals surface area contributed by atoms with Crippen LogP contribution in [0.15, 0.2) is 12.1 Å². The lowest BCUT2D eigenvalue weighted by molar-refractivity contribution is -0.133. The van der Waals surface area contributed by atoms with Crippen molar-refractivity contribution in [2.24, 2.45) is 0 Å². The summed E-state index contributed by atoms with van der Waals surface area (Å²) in [6, 6.07) is 4.04. The van der Waals surface area contributed by atoms with Gasteiger partial charge in [0.2, 0.25) is 0 Å². The number of carbonyl (C=O) groups is 1. The van der Waals surface area contributed by atoms with E-state index in [9.17, 15) is 4.79 Å². The zero-order valence-electron chi connectivity index (χ0n) is 12.2. The lowest BCUT2D eigenvalue weighted by Gasteiger charge is -2.21. The van der Waals surface area contributed by atoms with Gasteiger partial charge in [-0.1, -0.05) is 12.1 Å². The van der Waals surface area contributed by atoms with Crippen LogP contribution in [0.3, 0.4) is 0 Å². The van der Waals surface area contributed by atoms with Crippen LogP contribution >= 0.6 is 0 Å². The van der Waals surface area contributed by atoms with E-state index in [0.717, 1.165) is 22.4 Å². The van der Waals surface area contributed by atoms with Gasteiger partial charge in [0.05, 0.1) is 6.61 Å². The Morgan fingerprint density at radius 1 is 1.26 bits per heavy atom. The third-order valence-electron chi connectivity index (χ3n) is 3.32. The molecule has 0 aromatic heterocycles. The highest BCUT2D eigenvalue weighted by molar-refractivity contribution is 5.77. The number of aryl methyl sites for hydroxylation is 2. The largest absolute Gasteiger partial charge is 0.483 e. The molecule has 0 fully saturated rings. The lowest BCUT2D eigenvalue weighted by Crippen LogP contribution is -2.36. The number of carbonyl (C=O) groups excluding carboxylic acids is 1. The molecule has 0 saturated heterocycles. The number of amides is 1. The number of nitrogens with zero attached hydrogens (tertiary/aromatic N) is 1. The summed E-state index contributed by atoms with van der Waals surface area (Å²) in [4.78, 5) is 13.5. The summed E-state index contributed by atoms with van der Waals surface area (Å²) in [6.07, 6.45) is 0. The monoisotopic (exact) mass is 265 g/mol. The van der Waals surface area contributed by atoms with Gasteiger partial charge in [-0.3, -0.25) is 4.79 Å². The van der Waals surface area contributed by atoms with E-state index in [1.807, 2.05) is 39.8 Å².